The largest absolute Gasteiger partial charge is 0.462 e. The van der Waals surface area contributed by atoms with Crippen molar-refractivity contribution in [3.63, 3.8) is 0 Å². The molecule has 0 saturated carbocycles. The number of hydrogen-bond donors (Lipinski definition) is 0. The smallest absolute Gasteiger partial charge is 0.312 e. The Hall–Kier alpha value is -1.63. The second kappa shape index (κ2) is 8.84. The Morgan fingerprint density at radius 2 is 2.12 bits per heavy atom. The van der Waals surface area contributed by atoms with Crippen molar-refractivity contribution in [1.82, 2.24) is 4.90 Å². The lowest BCUT2D eigenvalue weighted by Gasteiger charge is -2.33. The molecule has 0 bridgehead atoms. The van der Waals surface area contributed by atoms with Gasteiger partial charge in [0.25, 0.3) is 0 Å². The highest BCUT2D eigenvalue weighted by molar-refractivity contribution is 5.78. The second-order valence-electron chi connectivity index (χ2n) is 7.68. The molecule has 4 unspecified atom stereocenters. The Morgan fingerprint density at radius 1 is 1.42 bits per heavy atom. The van der Waals surface area contributed by atoms with Crippen LogP contribution in [0.3, 0.4) is 0 Å². The maximum atomic E-state index is 12.6. The third-order valence-corrected chi connectivity index (χ3v) is 5.33. The summed E-state index contributed by atoms with van der Waals surface area (Å²) < 4.78 is 15.9. The fraction of sp³-hybridized carbons (Fsp3) is 0.842. The lowest BCUT2D eigenvalue weighted by molar-refractivity contribution is -0.162. The van der Waals surface area contributed by atoms with Crippen LogP contribution in [0, 0.1) is 5.41 Å². The average Bonchev–Trinajstić information content (AvgIpc) is 3.30. The molecule has 2 aliphatic rings. The molecule has 0 aliphatic carbocycles. The average molecular weight is 369 g/mol. The standard InChI is InChI=1S/C19H31NO6/c1-5-19(4,18(23)25-12-16-11-24-16)10-15(26-14(3)21)9-13(2)20-8-6-7-17(20)22/h13,15-16H,5-12H2,1-4H3. The molecule has 2 fully saturated rings. The van der Waals surface area contributed by atoms with Crippen molar-refractivity contribution in [3.8, 4) is 0 Å². The number of ether oxygens (including phenoxy) is 3. The maximum Gasteiger partial charge on any atom is 0.312 e. The molecule has 7 nitrogen and oxygen atoms in total. The lowest BCUT2D eigenvalue weighted by Crippen LogP contribution is -2.40. The van der Waals surface area contributed by atoms with Crippen LogP contribution in [-0.2, 0) is 28.6 Å². The minimum Gasteiger partial charge on any atom is -0.462 e. The predicted molar refractivity (Wildman–Crippen MR) is 94.3 cm³/mol. The Bertz CT molecular complexity index is 532. The fourth-order valence-electron chi connectivity index (χ4n) is 3.43. The first kappa shape index (κ1) is 20.7. The minimum absolute atomic E-state index is 0.0190. The summed E-state index contributed by atoms with van der Waals surface area (Å²) in [6.45, 7) is 8.73. The molecule has 4 atom stereocenters. The SMILES string of the molecule is CCC(C)(CC(CC(C)N1CCCC1=O)OC(C)=O)C(=O)OCC1CO1. The Labute approximate surface area is 155 Å². The number of likely N-dealkylation sites (tertiary alicyclic amines) is 1. The van der Waals surface area contributed by atoms with Crippen LogP contribution in [0.1, 0.15) is 59.8 Å². The van der Waals surface area contributed by atoms with E-state index >= 15 is 0 Å². The minimum atomic E-state index is -0.746. The molecular formula is C19H31NO6. The third-order valence-electron chi connectivity index (χ3n) is 5.33. The van der Waals surface area contributed by atoms with Crippen LogP contribution in [0.2, 0.25) is 0 Å². The van der Waals surface area contributed by atoms with Crippen LogP contribution in [0.4, 0.5) is 0 Å². The van der Waals surface area contributed by atoms with Crippen molar-refractivity contribution < 1.29 is 28.6 Å². The van der Waals surface area contributed by atoms with E-state index in [2.05, 4.69) is 0 Å². The number of epoxide rings is 1. The van der Waals surface area contributed by atoms with Gasteiger partial charge in [-0.1, -0.05) is 6.92 Å². The first-order valence-electron chi connectivity index (χ1n) is 9.50. The van der Waals surface area contributed by atoms with Crippen molar-refractivity contribution in [3.05, 3.63) is 0 Å². The van der Waals surface area contributed by atoms with E-state index < -0.39 is 11.5 Å². The van der Waals surface area contributed by atoms with Gasteiger partial charge >= 0.3 is 11.9 Å². The lowest BCUT2D eigenvalue weighted by atomic mass is 9.80. The van der Waals surface area contributed by atoms with Gasteiger partial charge in [-0.2, -0.15) is 0 Å². The number of nitrogens with zero attached hydrogens (tertiary/aromatic N) is 1. The summed E-state index contributed by atoms with van der Waals surface area (Å²) in [6.07, 6.45) is 2.48. The highest BCUT2D eigenvalue weighted by atomic mass is 16.6. The van der Waals surface area contributed by atoms with Gasteiger partial charge in [-0.3, -0.25) is 14.4 Å². The molecule has 0 spiro atoms. The van der Waals surface area contributed by atoms with Crippen molar-refractivity contribution in [2.45, 2.75) is 78.0 Å². The van der Waals surface area contributed by atoms with Gasteiger partial charge in [0.1, 0.15) is 18.8 Å². The van der Waals surface area contributed by atoms with Crippen molar-refractivity contribution in [2.75, 3.05) is 19.8 Å². The number of esters is 2. The van der Waals surface area contributed by atoms with Crippen LogP contribution >= 0.6 is 0 Å². The fourth-order valence-corrected chi connectivity index (χ4v) is 3.43. The van der Waals surface area contributed by atoms with E-state index in [1.807, 2.05) is 25.7 Å². The van der Waals surface area contributed by atoms with Crippen LogP contribution in [0.25, 0.3) is 0 Å². The quantitative estimate of drug-likeness (QED) is 0.433. The van der Waals surface area contributed by atoms with Gasteiger partial charge in [-0.15, -0.1) is 0 Å². The molecule has 7 heteroatoms. The van der Waals surface area contributed by atoms with Crippen LogP contribution in [0.5, 0.6) is 0 Å². The molecule has 2 saturated heterocycles. The molecule has 2 heterocycles. The summed E-state index contributed by atoms with van der Waals surface area (Å²) in [5.74, 6) is -0.535. The van der Waals surface area contributed by atoms with Crippen LogP contribution in [0.15, 0.2) is 0 Å². The molecule has 26 heavy (non-hydrogen) atoms. The van der Waals surface area contributed by atoms with Gasteiger partial charge in [-0.05, 0) is 26.7 Å². The van der Waals surface area contributed by atoms with Gasteiger partial charge in [0.05, 0.1) is 12.0 Å². The molecule has 148 valence electrons. The van der Waals surface area contributed by atoms with Crippen LogP contribution < -0.4 is 0 Å². The summed E-state index contributed by atoms with van der Waals surface area (Å²) in [5, 5.41) is 0. The molecule has 0 aromatic rings. The topological polar surface area (TPSA) is 85.4 Å². The van der Waals surface area contributed by atoms with Crippen molar-refractivity contribution in [2.24, 2.45) is 5.41 Å². The maximum absolute atomic E-state index is 12.6. The molecule has 1 amide bonds. The van der Waals surface area contributed by atoms with E-state index in [4.69, 9.17) is 14.2 Å². The number of rotatable bonds is 10. The molecule has 2 aliphatic heterocycles. The molecule has 0 radical (unpaired) electrons. The number of amides is 1. The number of carbonyl (C=O) groups is 3. The van der Waals surface area contributed by atoms with Crippen LogP contribution in [-0.4, -0.2) is 60.8 Å². The van der Waals surface area contributed by atoms with E-state index in [1.165, 1.54) is 6.92 Å². The zero-order valence-corrected chi connectivity index (χ0v) is 16.3. The monoisotopic (exact) mass is 369 g/mol. The Balaban J connectivity index is 1.99. The third kappa shape index (κ3) is 5.69. The normalized spacial score (nSPS) is 23.9. The summed E-state index contributed by atoms with van der Waals surface area (Å²) in [7, 11) is 0. The van der Waals surface area contributed by atoms with Crippen molar-refractivity contribution >= 4 is 17.8 Å². The predicted octanol–water partition coefficient (Wildman–Crippen LogP) is 2.07. The van der Waals surface area contributed by atoms with E-state index in [1.54, 1.807) is 0 Å². The Kier molecular flexibility index (Phi) is 7.03. The molecule has 2 rings (SSSR count). The van der Waals surface area contributed by atoms with E-state index in [9.17, 15) is 14.4 Å². The first-order chi connectivity index (χ1) is 12.2. The zero-order chi connectivity index (χ0) is 19.3. The Morgan fingerprint density at radius 3 is 2.62 bits per heavy atom. The van der Waals surface area contributed by atoms with Gasteiger partial charge in [0.15, 0.2) is 0 Å². The molecule has 0 aromatic carbocycles. The van der Waals surface area contributed by atoms with E-state index in [0.717, 1.165) is 13.0 Å². The highest BCUT2D eigenvalue weighted by Crippen LogP contribution is 2.33. The van der Waals surface area contributed by atoms with E-state index in [0.29, 0.717) is 32.3 Å². The zero-order valence-electron chi connectivity index (χ0n) is 16.3. The highest BCUT2D eigenvalue weighted by Gasteiger charge is 2.39. The van der Waals surface area contributed by atoms with Gasteiger partial charge in [-0.25, -0.2) is 0 Å². The summed E-state index contributed by atoms with van der Waals surface area (Å²) in [4.78, 5) is 37.9. The van der Waals surface area contributed by atoms with Gasteiger partial charge in [0.2, 0.25) is 5.91 Å². The number of hydrogen-bond acceptors (Lipinski definition) is 6. The molecular weight excluding hydrogens is 338 g/mol. The van der Waals surface area contributed by atoms with Gasteiger partial charge in [0, 0.05) is 38.8 Å². The van der Waals surface area contributed by atoms with Gasteiger partial charge < -0.3 is 19.1 Å². The number of carbonyl (C=O) groups excluding carboxylic acids is 3. The van der Waals surface area contributed by atoms with E-state index in [-0.39, 0.29) is 36.6 Å². The van der Waals surface area contributed by atoms with Crippen molar-refractivity contribution in [1.29, 1.82) is 0 Å². The second-order valence-corrected chi connectivity index (χ2v) is 7.68. The summed E-state index contributed by atoms with van der Waals surface area (Å²) in [5.41, 5.74) is -0.746. The summed E-state index contributed by atoms with van der Waals surface area (Å²) >= 11 is 0. The summed E-state index contributed by atoms with van der Waals surface area (Å²) in [6, 6.07) is -0.0358. The molecule has 0 N–H and O–H groups in total. The molecule has 0 aromatic heterocycles. The first-order valence-corrected chi connectivity index (χ1v) is 9.50.